The molecule has 1 aliphatic heterocycles. The maximum Gasteiger partial charge on any atom is 0.242 e. The quantitative estimate of drug-likeness (QED) is 0.830. The van der Waals surface area contributed by atoms with Gasteiger partial charge in [-0.2, -0.15) is 0 Å². The molecule has 0 unspecified atom stereocenters. The van der Waals surface area contributed by atoms with Crippen molar-refractivity contribution in [2.24, 2.45) is 11.8 Å². The van der Waals surface area contributed by atoms with Crippen LogP contribution in [-0.4, -0.2) is 35.1 Å². The van der Waals surface area contributed by atoms with E-state index in [2.05, 4.69) is 33.0 Å². The molecule has 0 aromatic carbocycles. The largest absolute Gasteiger partial charge is 0.466 e. The normalized spacial score (nSPS) is 19.7. The minimum absolute atomic E-state index is 0.00162. The number of rotatable bonds is 7. The molecule has 0 saturated carbocycles. The maximum atomic E-state index is 12.7. The molecule has 1 aromatic heterocycles. The standard InChI is InChI=1S/C17H26N2O3S/c1-11(2)8-13(16(21)18-9-12(3)4)19-15(20)10-23-17(19)14-6-5-7-22-14/h5-7,11-13,17H,8-10H2,1-4H3,(H,18,21)/t13-,17-/m1/s1. The summed E-state index contributed by atoms with van der Waals surface area (Å²) in [5.74, 6) is 1.74. The zero-order valence-electron chi connectivity index (χ0n) is 14.2. The van der Waals surface area contributed by atoms with Crippen LogP contribution in [0.2, 0.25) is 0 Å². The molecule has 0 radical (unpaired) electrons. The Kier molecular flexibility index (Phi) is 6.16. The zero-order chi connectivity index (χ0) is 17.0. The van der Waals surface area contributed by atoms with Crippen molar-refractivity contribution >= 4 is 23.6 Å². The van der Waals surface area contributed by atoms with Crippen LogP contribution in [0.15, 0.2) is 22.8 Å². The SMILES string of the molecule is CC(C)CNC(=O)[C@@H](CC(C)C)N1C(=O)CS[C@@H]1c1ccco1. The van der Waals surface area contributed by atoms with Gasteiger partial charge in [0.15, 0.2) is 0 Å². The van der Waals surface area contributed by atoms with Crippen molar-refractivity contribution in [3.8, 4) is 0 Å². The molecule has 2 amide bonds. The van der Waals surface area contributed by atoms with E-state index in [9.17, 15) is 9.59 Å². The van der Waals surface area contributed by atoms with Crippen LogP contribution in [0.1, 0.15) is 45.2 Å². The van der Waals surface area contributed by atoms with Gasteiger partial charge >= 0.3 is 0 Å². The second kappa shape index (κ2) is 7.90. The molecule has 128 valence electrons. The third-order valence-electron chi connectivity index (χ3n) is 3.71. The Labute approximate surface area is 142 Å². The molecule has 0 spiro atoms. The lowest BCUT2D eigenvalue weighted by Crippen LogP contribution is -2.49. The second-order valence-electron chi connectivity index (χ2n) is 6.76. The van der Waals surface area contributed by atoms with Crippen molar-refractivity contribution in [2.45, 2.75) is 45.5 Å². The highest BCUT2D eigenvalue weighted by atomic mass is 32.2. The van der Waals surface area contributed by atoms with E-state index in [0.29, 0.717) is 30.6 Å². The second-order valence-corrected chi connectivity index (χ2v) is 7.83. The number of hydrogen-bond donors (Lipinski definition) is 1. The van der Waals surface area contributed by atoms with Gasteiger partial charge in [0.05, 0.1) is 12.0 Å². The third-order valence-corrected chi connectivity index (χ3v) is 4.90. The fraction of sp³-hybridized carbons (Fsp3) is 0.647. The van der Waals surface area contributed by atoms with Gasteiger partial charge in [0.25, 0.3) is 0 Å². The van der Waals surface area contributed by atoms with Crippen LogP contribution in [0.25, 0.3) is 0 Å². The molecule has 23 heavy (non-hydrogen) atoms. The Hall–Kier alpha value is -1.43. The summed E-state index contributed by atoms with van der Waals surface area (Å²) in [5.41, 5.74) is 0. The van der Waals surface area contributed by atoms with E-state index in [4.69, 9.17) is 4.42 Å². The molecule has 0 bridgehead atoms. The lowest BCUT2D eigenvalue weighted by atomic mass is 10.0. The molecule has 6 heteroatoms. The summed E-state index contributed by atoms with van der Waals surface area (Å²) in [4.78, 5) is 26.8. The summed E-state index contributed by atoms with van der Waals surface area (Å²) in [6, 6.07) is 3.22. The third kappa shape index (κ3) is 4.53. The number of nitrogens with zero attached hydrogens (tertiary/aromatic N) is 1. The maximum absolute atomic E-state index is 12.7. The molecule has 0 aliphatic carbocycles. The van der Waals surface area contributed by atoms with Crippen LogP contribution in [0.3, 0.4) is 0 Å². The van der Waals surface area contributed by atoms with Crippen LogP contribution in [-0.2, 0) is 9.59 Å². The lowest BCUT2D eigenvalue weighted by molar-refractivity contribution is -0.139. The molecule has 1 aromatic rings. The molecular formula is C17H26N2O3S. The first kappa shape index (κ1) is 17.9. The average Bonchev–Trinajstić information content (AvgIpc) is 3.11. The molecule has 1 fully saturated rings. The van der Waals surface area contributed by atoms with Gasteiger partial charge in [-0.15, -0.1) is 11.8 Å². The number of thioether (sulfide) groups is 1. The van der Waals surface area contributed by atoms with Gasteiger partial charge in [-0.05, 0) is 30.4 Å². The van der Waals surface area contributed by atoms with Crippen molar-refractivity contribution in [3.63, 3.8) is 0 Å². The first-order chi connectivity index (χ1) is 10.9. The summed E-state index contributed by atoms with van der Waals surface area (Å²) in [7, 11) is 0. The first-order valence-electron chi connectivity index (χ1n) is 8.14. The number of nitrogens with one attached hydrogen (secondary N) is 1. The van der Waals surface area contributed by atoms with Crippen LogP contribution >= 0.6 is 11.8 Å². The van der Waals surface area contributed by atoms with E-state index in [-0.39, 0.29) is 17.2 Å². The summed E-state index contributed by atoms with van der Waals surface area (Å²) >= 11 is 1.52. The average molecular weight is 338 g/mol. The molecular weight excluding hydrogens is 312 g/mol. The van der Waals surface area contributed by atoms with Gasteiger partial charge in [0.1, 0.15) is 17.2 Å². The van der Waals surface area contributed by atoms with Crippen molar-refractivity contribution in [3.05, 3.63) is 24.2 Å². The van der Waals surface area contributed by atoms with Crippen LogP contribution < -0.4 is 5.32 Å². The molecule has 1 N–H and O–H groups in total. The van der Waals surface area contributed by atoms with Gasteiger partial charge in [0.2, 0.25) is 11.8 Å². The van der Waals surface area contributed by atoms with E-state index < -0.39 is 6.04 Å². The number of amides is 2. The number of carbonyl (C=O) groups excluding carboxylic acids is 2. The summed E-state index contributed by atoms with van der Waals surface area (Å²) in [6.45, 7) is 8.87. The predicted octanol–water partition coefficient (Wildman–Crippen LogP) is 3.04. The van der Waals surface area contributed by atoms with Crippen molar-refractivity contribution in [2.75, 3.05) is 12.3 Å². The Bertz CT molecular complexity index is 528. The summed E-state index contributed by atoms with van der Waals surface area (Å²) in [6.07, 6.45) is 2.25. The molecule has 2 atom stereocenters. The number of furan rings is 1. The van der Waals surface area contributed by atoms with E-state index in [1.165, 1.54) is 11.8 Å². The van der Waals surface area contributed by atoms with Crippen LogP contribution in [0, 0.1) is 11.8 Å². The molecule has 1 saturated heterocycles. The number of hydrogen-bond acceptors (Lipinski definition) is 4. The van der Waals surface area contributed by atoms with E-state index in [0.717, 1.165) is 5.76 Å². The highest BCUT2D eigenvalue weighted by Crippen LogP contribution is 2.41. The van der Waals surface area contributed by atoms with E-state index in [1.807, 2.05) is 12.1 Å². The summed E-state index contributed by atoms with van der Waals surface area (Å²) < 4.78 is 5.48. The Morgan fingerprint density at radius 2 is 2.13 bits per heavy atom. The van der Waals surface area contributed by atoms with Gasteiger partial charge in [-0.25, -0.2) is 0 Å². The van der Waals surface area contributed by atoms with Crippen molar-refractivity contribution in [1.29, 1.82) is 0 Å². The minimum Gasteiger partial charge on any atom is -0.466 e. The van der Waals surface area contributed by atoms with Crippen molar-refractivity contribution < 1.29 is 14.0 Å². The minimum atomic E-state index is -0.452. The zero-order valence-corrected chi connectivity index (χ0v) is 15.1. The van der Waals surface area contributed by atoms with E-state index >= 15 is 0 Å². The van der Waals surface area contributed by atoms with E-state index in [1.54, 1.807) is 11.2 Å². The molecule has 1 aliphatic rings. The topological polar surface area (TPSA) is 62.6 Å². The van der Waals surface area contributed by atoms with Gasteiger partial charge in [0, 0.05) is 6.54 Å². The lowest BCUT2D eigenvalue weighted by Gasteiger charge is -2.32. The highest BCUT2D eigenvalue weighted by Gasteiger charge is 2.42. The molecule has 2 rings (SSSR count). The Morgan fingerprint density at radius 3 is 2.70 bits per heavy atom. The van der Waals surface area contributed by atoms with Gasteiger partial charge in [-0.3, -0.25) is 9.59 Å². The van der Waals surface area contributed by atoms with Crippen LogP contribution in [0.5, 0.6) is 0 Å². The number of carbonyl (C=O) groups is 2. The Balaban J connectivity index is 2.21. The molecule has 5 nitrogen and oxygen atoms in total. The highest BCUT2D eigenvalue weighted by molar-refractivity contribution is 8.00. The Morgan fingerprint density at radius 1 is 1.39 bits per heavy atom. The smallest absolute Gasteiger partial charge is 0.242 e. The predicted molar refractivity (Wildman–Crippen MR) is 91.8 cm³/mol. The summed E-state index contributed by atoms with van der Waals surface area (Å²) in [5, 5.41) is 2.76. The fourth-order valence-electron chi connectivity index (χ4n) is 2.64. The fourth-order valence-corrected chi connectivity index (χ4v) is 3.81. The molecule has 2 heterocycles. The van der Waals surface area contributed by atoms with Crippen molar-refractivity contribution in [1.82, 2.24) is 10.2 Å². The first-order valence-corrected chi connectivity index (χ1v) is 9.19. The monoisotopic (exact) mass is 338 g/mol. The van der Waals surface area contributed by atoms with Crippen LogP contribution in [0.4, 0.5) is 0 Å². The van der Waals surface area contributed by atoms with Gasteiger partial charge < -0.3 is 14.6 Å². The van der Waals surface area contributed by atoms with Gasteiger partial charge in [-0.1, -0.05) is 27.7 Å².